The molecule has 0 atom stereocenters. The molecule has 0 radical (unpaired) electrons. The first kappa shape index (κ1) is 6.52. The van der Waals surface area contributed by atoms with E-state index in [0.717, 1.165) is 24.6 Å². The highest BCUT2D eigenvalue weighted by Gasteiger charge is 2.15. The molecule has 0 aromatic carbocycles. The van der Waals surface area contributed by atoms with Crippen molar-refractivity contribution in [1.82, 2.24) is 10.2 Å². The first-order chi connectivity index (χ1) is 5.38. The molecule has 0 unspecified atom stereocenters. The number of nitrogens with one attached hydrogen (secondary N) is 1. The lowest BCUT2D eigenvalue weighted by atomic mass is 10.4. The third kappa shape index (κ3) is 1.04. The quantitative estimate of drug-likeness (QED) is 0.619. The highest BCUT2D eigenvalue weighted by atomic mass is 15.3. The van der Waals surface area contributed by atoms with Gasteiger partial charge in [-0.05, 0) is 12.8 Å². The molecule has 4 nitrogen and oxygen atoms in total. The average Bonchev–Trinajstić information content (AvgIpc) is 2.55. The van der Waals surface area contributed by atoms with Crippen molar-refractivity contribution >= 4 is 11.5 Å². The summed E-state index contributed by atoms with van der Waals surface area (Å²) in [5, 5.41) is 6.77. The highest BCUT2D eigenvalue weighted by molar-refractivity contribution is 5.61. The lowest BCUT2D eigenvalue weighted by Gasteiger charge is -2.14. The molecule has 1 aromatic heterocycles. The van der Waals surface area contributed by atoms with Crippen LogP contribution in [0.2, 0.25) is 0 Å². The minimum absolute atomic E-state index is 0.756. The van der Waals surface area contributed by atoms with Gasteiger partial charge in [-0.3, -0.25) is 5.10 Å². The van der Waals surface area contributed by atoms with E-state index in [1.165, 1.54) is 12.8 Å². The van der Waals surface area contributed by atoms with Gasteiger partial charge in [-0.2, -0.15) is 5.10 Å². The molecule has 1 fully saturated rings. The summed E-state index contributed by atoms with van der Waals surface area (Å²) in [6, 6.07) is 0. The van der Waals surface area contributed by atoms with E-state index < -0.39 is 0 Å². The Hall–Kier alpha value is -1.19. The Kier molecular flexibility index (Phi) is 1.45. The van der Waals surface area contributed by atoms with Crippen LogP contribution in [0.3, 0.4) is 0 Å². The van der Waals surface area contributed by atoms with Gasteiger partial charge in [0.2, 0.25) is 0 Å². The Morgan fingerprint density at radius 2 is 2.18 bits per heavy atom. The van der Waals surface area contributed by atoms with Crippen LogP contribution in [0, 0.1) is 0 Å². The molecule has 2 heterocycles. The second kappa shape index (κ2) is 2.45. The van der Waals surface area contributed by atoms with Crippen LogP contribution < -0.4 is 10.6 Å². The molecule has 60 valence electrons. The predicted molar refractivity (Wildman–Crippen MR) is 44.4 cm³/mol. The van der Waals surface area contributed by atoms with Crippen LogP contribution in [0.1, 0.15) is 12.8 Å². The van der Waals surface area contributed by atoms with Crippen LogP contribution in [-0.2, 0) is 0 Å². The fourth-order valence-corrected chi connectivity index (χ4v) is 1.48. The summed E-state index contributed by atoms with van der Waals surface area (Å²) < 4.78 is 0. The largest absolute Gasteiger partial charge is 0.394 e. The van der Waals surface area contributed by atoms with E-state index in [4.69, 9.17) is 5.73 Å². The fourth-order valence-electron chi connectivity index (χ4n) is 1.48. The first-order valence-corrected chi connectivity index (χ1v) is 3.92. The number of hydrogen-bond donors (Lipinski definition) is 2. The van der Waals surface area contributed by atoms with Crippen LogP contribution in [0.5, 0.6) is 0 Å². The number of aromatic nitrogens is 2. The van der Waals surface area contributed by atoms with E-state index in [-0.39, 0.29) is 0 Å². The summed E-state index contributed by atoms with van der Waals surface area (Å²) in [7, 11) is 0. The molecule has 1 saturated heterocycles. The third-order valence-electron chi connectivity index (χ3n) is 2.07. The van der Waals surface area contributed by atoms with Crippen molar-refractivity contribution in [2.75, 3.05) is 23.7 Å². The van der Waals surface area contributed by atoms with Crippen molar-refractivity contribution in [2.45, 2.75) is 12.8 Å². The maximum absolute atomic E-state index is 5.68. The molecule has 3 N–H and O–H groups in total. The summed E-state index contributed by atoms with van der Waals surface area (Å²) in [6.07, 6.45) is 4.19. The molecule has 1 aliphatic rings. The Morgan fingerprint density at radius 1 is 1.45 bits per heavy atom. The van der Waals surface area contributed by atoms with Crippen molar-refractivity contribution in [3.63, 3.8) is 0 Å². The number of H-pyrrole nitrogens is 1. The molecule has 0 saturated carbocycles. The lowest BCUT2D eigenvalue weighted by molar-refractivity contribution is 0.922. The summed E-state index contributed by atoms with van der Waals surface area (Å²) >= 11 is 0. The second-order valence-corrected chi connectivity index (χ2v) is 2.87. The van der Waals surface area contributed by atoms with Crippen molar-refractivity contribution in [1.29, 1.82) is 0 Å². The van der Waals surface area contributed by atoms with E-state index in [2.05, 4.69) is 15.1 Å². The van der Waals surface area contributed by atoms with Crippen molar-refractivity contribution < 1.29 is 0 Å². The van der Waals surface area contributed by atoms with Gasteiger partial charge in [0.25, 0.3) is 0 Å². The second-order valence-electron chi connectivity index (χ2n) is 2.87. The number of nitrogens with two attached hydrogens (primary N) is 1. The van der Waals surface area contributed by atoms with Gasteiger partial charge in [-0.25, -0.2) is 0 Å². The normalized spacial score (nSPS) is 17.6. The summed E-state index contributed by atoms with van der Waals surface area (Å²) in [6.45, 7) is 2.21. The molecule has 0 aliphatic carbocycles. The maximum atomic E-state index is 5.68. The lowest BCUT2D eigenvalue weighted by Crippen LogP contribution is -2.19. The van der Waals surface area contributed by atoms with Crippen molar-refractivity contribution in [3.8, 4) is 0 Å². The molecule has 1 aliphatic heterocycles. The van der Waals surface area contributed by atoms with Gasteiger partial charge < -0.3 is 10.6 Å². The molecular formula is C7H12N4. The highest BCUT2D eigenvalue weighted by Crippen LogP contribution is 2.22. The van der Waals surface area contributed by atoms with Gasteiger partial charge in [-0.1, -0.05) is 0 Å². The summed E-state index contributed by atoms with van der Waals surface area (Å²) in [5.41, 5.74) is 6.44. The van der Waals surface area contributed by atoms with E-state index in [0.29, 0.717) is 0 Å². The first-order valence-electron chi connectivity index (χ1n) is 3.92. The van der Waals surface area contributed by atoms with Crippen LogP contribution in [0.4, 0.5) is 11.5 Å². The van der Waals surface area contributed by atoms with E-state index in [9.17, 15) is 0 Å². The molecule has 11 heavy (non-hydrogen) atoms. The monoisotopic (exact) mass is 152 g/mol. The van der Waals surface area contributed by atoms with Crippen molar-refractivity contribution in [3.05, 3.63) is 6.20 Å². The molecule has 0 bridgehead atoms. The summed E-state index contributed by atoms with van der Waals surface area (Å²) in [4.78, 5) is 2.24. The van der Waals surface area contributed by atoms with Gasteiger partial charge in [0.15, 0.2) is 0 Å². The number of hydrogen-bond acceptors (Lipinski definition) is 3. The van der Waals surface area contributed by atoms with E-state index >= 15 is 0 Å². The zero-order valence-corrected chi connectivity index (χ0v) is 6.38. The van der Waals surface area contributed by atoms with Gasteiger partial charge >= 0.3 is 0 Å². The van der Waals surface area contributed by atoms with Gasteiger partial charge in [0.1, 0.15) is 5.82 Å². The fraction of sp³-hybridized carbons (Fsp3) is 0.571. The summed E-state index contributed by atoms with van der Waals surface area (Å²) in [5.74, 6) is 0.988. The van der Waals surface area contributed by atoms with Crippen LogP contribution >= 0.6 is 0 Å². The Morgan fingerprint density at radius 3 is 2.73 bits per heavy atom. The van der Waals surface area contributed by atoms with Gasteiger partial charge in [0, 0.05) is 13.1 Å². The Balaban J connectivity index is 2.21. The molecule has 0 spiro atoms. The zero-order valence-electron chi connectivity index (χ0n) is 6.38. The van der Waals surface area contributed by atoms with Crippen molar-refractivity contribution in [2.24, 2.45) is 0 Å². The van der Waals surface area contributed by atoms with Crippen LogP contribution in [-0.4, -0.2) is 23.3 Å². The molecule has 0 amide bonds. The van der Waals surface area contributed by atoms with Gasteiger partial charge in [0.05, 0.1) is 11.9 Å². The van der Waals surface area contributed by atoms with Gasteiger partial charge in [-0.15, -0.1) is 0 Å². The minimum atomic E-state index is 0.756. The van der Waals surface area contributed by atoms with Crippen LogP contribution in [0.25, 0.3) is 0 Å². The zero-order chi connectivity index (χ0) is 7.68. The molecule has 1 aromatic rings. The van der Waals surface area contributed by atoms with Crippen LogP contribution in [0.15, 0.2) is 6.20 Å². The number of nitrogen functional groups attached to an aromatic ring is 1. The maximum Gasteiger partial charge on any atom is 0.147 e. The predicted octanol–water partition coefficient (Wildman–Crippen LogP) is 0.592. The third-order valence-corrected chi connectivity index (χ3v) is 2.07. The molecule has 4 heteroatoms. The SMILES string of the molecule is Nc1cn[nH]c1N1CCCC1. The molecule has 2 rings (SSSR count). The number of rotatable bonds is 1. The van der Waals surface area contributed by atoms with E-state index in [1.54, 1.807) is 6.20 Å². The average molecular weight is 152 g/mol. The minimum Gasteiger partial charge on any atom is -0.394 e. The van der Waals surface area contributed by atoms with E-state index in [1.807, 2.05) is 0 Å². The number of anilines is 2. The molecular weight excluding hydrogens is 140 g/mol. The smallest absolute Gasteiger partial charge is 0.147 e. The topological polar surface area (TPSA) is 57.9 Å². The number of nitrogens with zero attached hydrogens (tertiary/aromatic N) is 2. The Labute approximate surface area is 65.4 Å². The Bertz CT molecular complexity index is 236. The number of aromatic amines is 1. The standard InChI is InChI=1S/C7H12N4/c8-6-5-9-10-7(6)11-3-1-2-4-11/h5H,1-4,8H2,(H,9,10).